The van der Waals surface area contributed by atoms with E-state index in [0.29, 0.717) is 31.3 Å². The molecule has 0 spiro atoms. The molecule has 1 aromatic heterocycles. The molecule has 1 aromatic carbocycles. The van der Waals surface area contributed by atoms with Gasteiger partial charge in [0.2, 0.25) is 0 Å². The molecule has 9 nitrogen and oxygen atoms in total. The van der Waals surface area contributed by atoms with Gasteiger partial charge in [-0.1, -0.05) is 13.8 Å². The number of ether oxygens (including phenoxy) is 1. The summed E-state index contributed by atoms with van der Waals surface area (Å²) in [7, 11) is 0. The van der Waals surface area contributed by atoms with Crippen molar-refractivity contribution in [3.63, 3.8) is 0 Å². The Balaban J connectivity index is 0.000000479. The summed E-state index contributed by atoms with van der Waals surface area (Å²) in [5.41, 5.74) is 0. The summed E-state index contributed by atoms with van der Waals surface area (Å²) in [6, 6.07) is 10.2. The molecule has 2 aromatic rings. The second kappa shape index (κ2) is 14.2. The Labute approximate surface area is 179 Å². The fourth-order valence-corrected chi connectivity index (χ4v) is 2.68. The smallest absolute Gasteiger partial charge is 0.328 e. The molecule has 0 amide bonds. The fraction of sp³-hybridized carbons (Fsp3) is 0.350. The average Bonchev–Trinajstić information content (AvgIpc) is 3.22. The average molecular weight is 438 g/mol. The Morgan fingerprint density at radius 2 is 1.83 bits per heavy atom. The van der Waals surface area contributed by atoms with Gasteiger partial charge in [0, 0.05) is 42.0 Å². The van der Waals surface area contributed by atoms with Gasteiger partial charge in [-0.05, 0) is 30.3 Å². The van der Waals surface area contributed by atoms with Crippen molar-refractivity contribution in [2.75, 3.05) is 13.2 Å². The van der Waals surface area contributed by atoms with Crippen LogP contribution < -0.4 is 10.1 Å². The van der Waals surface area contributed by atoms with E-state index in [0.717, 1.165) is 16.5 Å². The first-order valence-corrected chi connectivity index (χ1v) is 10.1. The maximum Gasteiger partial charge on any atom is 0.328 e. The standard InChI is InChI=1S/C16H23N3O2S.C4H4O4/c1-13(2)17-10-14(20)11-21-15-4-6-16(7-5-15)22-12-19-9-3-8-18-19;5-3(6)1-2-4(7)8/h3-9,13-14,17,20H,10-12H2,1-2H3;1-2H,(H,5,6)(H,7,8)/b;2-1-. The van der Waals surface area contributed by atoms with Crippen molar-refractivity contribution in [2.45, 2.75) is 36.8 Å². The third kappa shape index (κ3) is 12.6. The largest absolute Gasteiger partial charge is 0.491 e. The van der Waals surface area contributed by atoms with Crippen molar-refractivity contribution in [3.05, 3.63) is 54.9 Å². The number of aliphatic hydroxyl groups excluding tert-OH is 1. The van der Waals surface area contributed by atoms with Gasteiger partial charge in [0.1, 0.15) is 18.5 Å². The van der Waals surface area contributed by atoms with Crippen LogP contribution in [0.25, 0.3) is 0 Å². The van der Waals surface area contributed by atoms with Crippen LogP contribution in [0.1, 0.15) is 13.8 Å². The lowest BCUT2D eigenvalue weighted by Gasteiger charge is -2.15. The van der Waals surface area contributed by atoms with Gasteiger partial charge < -0.3 is 25.4 Å². The van der Waals surface area contributed by atoms with E-state index in [1.807, 2.05) is 55.1 Å². The zero-order valence-corrected chi connectivity index (χ0v) is 17.7. The van der Waals surface area contributed by atoms with Gasteiger partial charge in [-0.15, -0.1) is 11.8 Å². The molecule has 0 aliphatic carbocycles. The highest BCUT2D eigenvalue weighted by Gasteiger charge is 2.06. The number of aliphatic hydroxyl groups is 1. The molecule has 1 heterocycles. The highest BCUT2D eigenvalue weighted by atomic mass is 32.2. The number of hydrogen-bond acceptors (Lipinski definition) is 7. The molecule has 0 radical (unpaired) electrons. The van der Waals surface area contributed by atoms with Crippen molar-refractivity contribution in [3.8, 4) is 5.75 Å². The first-order valence-electron chi connectivity index (χ1n) is 9.14. The molecule has 30 heavy (non-hydrogen) atoms. The molecule has 10 heteroatoms. The van der Waals surface area contributed by atoms with Crippen LogP contribution in [-0.2, 0) is 15.5 Å². The minimum Gasteiger partial charge on any atom is -0.491 e. The van der Waals surface area contributed by atoms with Crippen LogP contribution >= 0.6 is 11.8 Å². The number of nitrogens with one attached hydrogen (secondary N) is 1. The number of carboxylic acid groups (broad SMARTS) is 2. The molecular weight excluding hydrogens is 410 g/mol. The normalized spacial score (nSPS) is 11.7. The molecule has 4 N–H and O–H groups in total. The second-order valence-corrected chi connectivity index (χ2v) is 7.35. The van der Waals surface area contributed by atoms with Gasteiger partial charge >= 0.3 is 11.9 Å². The van der Waals surface area contributed by atoms with Gasteiger partial charge in [-0.3, -0.25) is 4.68 Å². The zero-order valence-electron chi connectivity index (χ0n) is 16.8. The topological polar surface area (TPSA) is 134 Å². The van der Waals surface area contributed by atoms with E-state index in [1.54, 1.807) is 18.0 Å². The second-order valence-electron chi connectivity index (χ2n) is 6.33. The summed E-state index contributed by atoms with van der Waals surface area (Å²) >= 11 is 1.71. The van der Waals surface area contributed by atoms with E-state index in [2.05, 4.69) is 10.4 Å². The number of aromatic nitrogens is 2. The first kappa shape index (κ1) is 25.2. The van der Waals surface area contributed by atoms with Crippen LogP contribution in [0.5, 0.6) is 5.75 Å². The Bertz CT molecular complexity index is 762. The zero-order chi connectivity index (χ0) is 22.4. The van der Waals surface area contributed by atoms with E-state index < -0.39 is 18.0 Å². The SMILES string of the molecule is CC(C)NCC(O)COc1ccc(SCn2cccn2)cc1.O=C(O)/C=C\C(=O)O. The first-order chi connectivity index (χ1) is 14.3. The maximum atomic E-state index is 9.80. The molecule has 0 fully saturated rings. The van der Waals surface area contributed by atoms with Crippen LogP contribution in [0.15, 0.2) is 59.8 Å². The number of carbonyl (C=O) groups is 2. The van der Waals surface area contributed by atoms with Crippen LogP contribution in [0.2, 0.25) is 0 Å². The Kier molecular flexibility index (Phi) is 11.9. The Hall–Kier alpha value is -2.82. The Morgan fingerprint density at radius 1 is 1.20 bits per heavy atom. The summed E-state index contributed by atoms with van der Waals surface area (Å²) in [6.45, 7) is 4.93. The minimum atomic E-state index is -1.26. The van der Waals surface area contributed by atoms with Crippen molar-refractivity contribution < 1.29 is 29.6 Å². The van der Waals surface area contributed by atoms with E-state index in [1.165, 1.54) is 0 Å². The summed E-state index contributed by atoms with van der Waals surface area (Å²) in [5, 5.41) is 32.8. The van der Waals surface area contributed by atoms with E-state index in [9.17, 15) is 14.7 Å². The van der Waals surface area contributed by atoms with Gasteiger partial charge in [-0.2, -0.15) is 5.10 Å². The molecule has 0 saturated carbocycles. The summed E-state index contributed by atoms with van der Waals surface area (Å²) in [5.74, 6) is -0.959. The van der Waals surface area contributed by atoms with Crippen LogP contribution in [-0.4, -0.2) is 62.3 Å². The number of aliphatic carboxylic acids is 2. The van der Waals surface area contributed by atoms with Gasteiger partial charge in [0.25, 0.3) is 0 Å². The molecule has 0 aliphatic rings. The summed E-state index contributed by atoms with van der Waals surface area (Å²) < 4.78 is 7.47. The van der Waals surface area contributed by atoms with Crippen molar-refractivity contribution in [2.24, 2.45) is 0 Å². The van der Waals surface area contributed by atoms with E-state index >= 15 is 0 Å². The molecule has 164 valence electrons. The number of benzene rings is 1. The number of carboxylic acids is 2. The number of hydrogen-bond donors (Lipinski definition) is 4. The number of rotatable bonds is 11. The van der Waals surface area contributed by atoms with Gasteiger partial charge in [-0.25, -0.2) is 9.59 Å². The van der Waals surface area contributed by atoms with Crippen molar-refractivity contribution in [1.29, 1.82) is 0 Å². The van der Waals surface area contributed by atoms with Gasteiger partial charge in [0.15, 0.2) is 0 Å². The molecule has 2 rings (SSSR count). The highest BCUT2D eigenvalue weighted by Crippen LogP contribution is 2.22. The summed E-state index contributed by atoms with van der Waals surface area (Å²) in [6.07, 6.45) is 4.33. The number of thioether (sulfide) groups is 1. The third-order valence-electron chi connectivity index (χ3n) is 3.32. The molecule has 0 aliphatic heterocycles. The number of nitrogens with zero attached hydrogens (tertiary/aromatic N) is 2. The molecule has 1 atom stereocenters. The lowest BCUT2D eigenvalue weighted by Crippen LogP contribution is -2.35. The molecular formula is C20H27N3O6S. The van der Waals surface area contributed by atoms with E-state index in [-0.39, 0.29) is 0 Å². The maximum absolute atomic E-state index is 9.80. The lowest BCUT2D eigenvalue weighted by molar-refractivity contribution is -0.134. The molecule has 0 saturated heterocycles. The van der Waals surface area contributed by atoms with Crippen LogP contribution in [0.3, 0.4) is 0 Å². The fourth-order valence-electron chi connectivity index (χ4n) is 1.92. The Morgan fingerprint density at radius 3 is 2.33 bits per heavy atom. The third-order valence-corrected chi connectivity index (χ3v) is 4.32. The monoisotopic (exact) mass is 437 g/mol. The van der Waals surface area contributed by atoms with Crippen molar-refractivity contribution >= 4 is 23.7 Å². The lowest BCUT2D eigenvalue weighted by atomic mass is 10.3. The highest BCUT2D eigenvalue weighted by molar-refractivity contribution is 7.98. The van der Waals surface area contributed by atoms with Gasteiger partial charge in [0.05, 0.1) is 5.88 Å². The van der Waals surface area contributed by atoms with Crippen LogP contribution in [0, 0.1) is 0 Å². The minimum absolute atomic E-state index is 0.291. The van der Waals surface area contributed by atoms with E-state index in [4.69, 9.17) is 14.9 Å². The quantitative estimate of drug-likeness (QED) is 0.308. The molecule has 1 unspecified atom stereocenters. The van der Waals surface area contributed by atoms with Crippen LogP contribution in [0.4, 0.5) is 0 Å². The predicted molar refractivity (Wildman–Crippen MR) is 114 cm³/mol. The predicted octanol–water partition coefficient (Wildman–Crippen LogP) is 2.08. The molecule has 0 bridgehead atoms. The van der Waals surface area contributed by atoms with Crippen molar-refractivity contribution in [1.82, 2.24) is 15.1 Å². The summed E-state index contributed by atoms with van der Waals surface area (Å²) in [4.78, 5) is 20.3.